The molecule has 0 unspecified atom stereocenters. The largest absolute Gasteiger partial charge is 0.361 e. The third-order valence-corrected chi connectivity index (χ3v) is 5.57. The Labute approximate surface area is 165 Å². The molecule has 0 N–H and O–H groups in total. The van der Waals surface area contributed by atoms with Crippen molar-refractivity contribution in [3.63, 3.8) is 0 Å². The maximum atomic E-state index is 13.0. The van der Waals surface area contributed by atoms with Crippen LogP contribution in [0, 0.1) is 6.92 Å². The number of nitrogens with zero attached hydrogens (tertiary/aromatic N) is 4. The summed E-state index contributed by atoms with van der Waals surface area (Å²) in [5, 5.41) is 4.02. The number of rotatable bonds is 5. The molecule has 3 heterocycles. The summed E-state index contributed by atoms with van der Waals surface area (Å²) >= 11 is 0. The summed E-state index contributed by atoms with van der Waals surface area (Å²) in [5.74, 6) is 2.15. The highest BCUT2D eigenvalue weighted by Crippen LogP contribution is 2.29. The van der Waals surface area contributed by atoms with Crippen LogP contribution in [0.4, 0.5) is 0 Å². The highest BCUT2D eigenvalue weighted by Gasteiger charge is 2.30. The molecule has 0 saturated carbocycles. The average Bonchev–Trinajstić information content (AvgIpc) is 3.34. The van der Waals surface area contributed by atoms with E-state index in [1.54, 1.807) is 0 Å². The number of likely N-dealkylation sites (tertiary alicyclic amines) is 1. The highest BCUT2D eigenvalue weighted by atomic mass is 16.5. The molecular weight excluding hydrogens is 352 g/mol. The second-order valence-electron chi connectivity index (χ2n) is 7.38. The summed E-state index contributed by atoms with van der Waals surface area (Å²) < 4.78 is 7.47. The SMILES string of the molecule is CCc1noc(C)c1C(=O)N1CCC(c2nccn2Cc2ccccc2)CC1. The number of aromatic nitrogens is 3. The van der Waals surface area contributed by atoms with E-state index in [1.165, 1.54) is 5.56 Å². The molecule has 28 heavy (non-hydrogen) atoms. The molecule has 3 aromatic rings. The second-order valence-corrected chi connectivity index (χ2v) is 7.38. The fraction of sp³-hybridized carbons (Fsp3) is 0.409. The van der Waals surface area contributed by atoms with Gasteiger partial charge in [0.05, 0.1) is 5.69 Å². The van der Waals surface area contributed by atoms with Crippen molar-refractivity contribution >= 4 is 5.91 Å². The van der Waals surface area contributed by atoms with E-state index >= 15 is 0 Å². The fourth-order valence-corrected chi connectivity index (χ4v) is 4.03. The van der Waals surface area contributed by atoms with Gasteiger partial charge >= 0.3 is 0 Å². The molecule has 1 saturated heterocycles. The summed E-state index contributed by atoms with van der Waals surface area (Å²) in [4.78, 5) is 19.5. The molecule has 1 aromatic carbocycles. The number of carbonyl (C=O) groups is 1. The van der Waals surface area contributed by atoms with Gasteiger partial charge < -0.3 is 14.0 Å². The molecule has 1 amide bonds. The predicted octanol–water partition coefficient (Wildman–Crippen LogP) is 3.81. The lowest BCUT2D eigenvalue weighted by Crippen LogP contribution is -2.39. The van der Waals surface area contributed by atoms with Crippen molar-refractivity contribution in [3.05, 3.63) is 71.1 Å². The Hall–Kier alpha value is -2.89. The Morgan fingerprint density at radius 3 is 2.68 bits per heavy atom. The average molecular weight is 378 g/mol. The number of benzene rings is 1. The van der Waals surface area contributed by atoms with Crippen molar-refractivity contribution in [2.75, 3.05) is 13.1 Å². The number of carbonyl (C=O) groups excluding carboxylic acids is 1. The van der Waals surface area contributed by atoms with Crippen molar-refractivity contribution in [2.24, 2.45) is 0 Å². The van der Waals surface area contributed by atoms with Crippen molar-refractivity contribution < 1.29 is 9.32 Å². The number of imidazole rings is 1. The lowest BCUT2D eigenvalue weighted by Gasteiger charge is -2.32. The Balaban J connectivity index is 1.43. The molecular formula is C22H26N4O2. The summed E-state index contributed by atoms with van der Waals surface area (Å²) in [6, 6.07) is 10.4. The first-order valence-electron chi connectivity index (χ1n) is 9.96. The van der Waals surface area contributed by atoms with Crippen LogP contribution in [0.3, 0.4) is 0 Å². The van der Waals surface area contributed by atoms with Gasteiger partial charge in [-0.15, -0.1) is 0 Å². The summed E-state index contributed by atoms with van der Waals surface area (Å²) in [7, 11) is 0. The van der Waals surface area contributed by atoms with Gasteiger partial charge in [-0.3, -0.25) is 4.79 Å². The van der Waals surface area contributed by atoms with Gasteiger partial charge in [-0.05, 0) is 31.7 Å². The van der Waals surface area contributed by atoms with E-state index in [0.717, 1.165) is 44.0 Å². The molecule has 0 aliphatic carbocycles. The topological polar surface area (TPSA) is 64.2 Å². The molecule has 6 nitrogen and oxygen atoms in total. The van der Waals surface area contributed by atoms with Crippen LogP contribution in [-0.2, 0) is 13.0 Å². The smallest absolute Gasteiger partial charge is 0.259 e. The van der Waals surface area contributed by atoms with E-state index in [-0.39, 0.29) is 5.91 Å². The first kappa shape index (κ1) is 18.5. The Kier molecular flexibility index (Phi) is 5.28. The Morgan fingerprint density at radius 2 is 1.96 bits per heavy atom. The normalized spacial score (nSPS) is 15.1. The molecule has 1 fully saturated rings. The zero-order valence-corrected chi connectivity index (χ0v) is 16.5. The molecule has 0 spiro atoms. The first-order chi connectivity index (χ1) is 13.7. The Morgan fingerprint density at radius 1 is 1.21 bits per heavy atom. The maximum Gasteiger partial charge on any atom is 0.259 e. The second kappa shape index (κ2) is 8.00. The quantitative estimate of drug-likeness (QED) is 0.677. The number of aryl methyl sites for hydroxylation is 2. The molecule has 1 aliphatic heterocycles. The van der Waals surface area contributed by atoms with Crippen molar-refractivity contribution in [2.45, 2.75) is 45.6 Å². The standard InChI is InChI=1S/C22H26N4O2/c1-3-19-20(16(2)28-24-19)22(27)25-12-9-18(10-13-25)21-23-11-14-26(21)15-17-7-5-4-6-8-17/h4-8,11,14,18H,3,9-10,12-13,15H2,1-2H3. The van der Waals surface area contributed by atoms with Crippen molar-refractivity contribution in [1.29, 1.82) is 0 Å². The number of amides is 1. The molecule has 6 heteroatoms. The van der Waals surface area contributed by atoms with Gasteiger partial charge in [0.1, 0.15) is 17.1 Å². The predicted molar refractivity (Wildman–Crippen MR) is 106 cm³/mol. The molecule has 0 atom stereocenters. The van der Waals surface area contributed by atoms with E-state index in [1.807, 2.05) is 37.2 Å². The lowest BCUT2D eigenvalue weighted by atomic mass is 9.95. The van der Waals surface area contributed by atoms with Crippen LogP contribution < -0.4 is 0 Å². The van der Waals surface area contributed by atoms with Gasteiger partial charge in [-0.2, -0.15) is 0 Å². The fourth-order valence-electron chi connectivity index (χ4n) is 4.03. The third kappa shape index (κ3) is 3.59. The van der Waals surface area contributed by atoms with Gasteiger partial charge in [-0.25, -0.2) is 4.98 Å². The highest BCUT2D eigenvalue weighted by molar-refractivity contribution is 5.96. The first-order valence-corrected chi connectivity index (χ1v) is 9.96. The zero-order valence-electron chi connectivity index (χ0n) is 16.5. The van der Waals surface area contributed by atoms with E-state index < -0.39 is 0 Å². The van der Waals surface area contributed by atoms with E-state index in [2.05, 4.69) is 39.0 Å². The van der Waals surface area contributed by atoms with E-state index in [9.17, 15) is 4.79 Å². The molecule has 146 valence electrons. The number of piperidine rings is 1. The van der Waals surface area contributed by atoms with Gasteiger partial charge in [0.15, 0.2) is 0 Å². The van der Waals surface area contributed by atoms with Crippen LogP contribution in [0.15, 0.2) is 47.2 Å². The minimum Gasteiger partial charge on any atom is -0.361 e. The van der Waals surface area contributed by atoms with Crippen LogP contribution in [0.1, 0.15) is 58.9 Å². The van der Waals surface area contributed by atoms with Gasteiger partial charge in [0.25, 0.3) is 5.91 Å². The van der Waals surface area contributed by atoms with Crippen molar-refractivity contribution in [3.8, 4) is 0 Å². The van der Waals surface area contributed by atoms with E-state index in [4.69, 9.17) is 4.52 Å². The summed E-state index contributed by atoms with van der Waals surface area (Å²) in [5.41, 5.74) is 2.67. The van der Waals surface area contributed by atoms with E-state index in [0.29, 0.717) is 23.7 Å². The maximum absolute atomic E-state index is 13.0. The minimum absolute atomic E-state index is 0.0432. The third-order valence-electron chi connectivity index (χ3n) is 5.57. The lowest BCUT2D eigenvalue weighted by molar-refractivity contribution is 0.0707. The summed E-state index contributed by atoms with van der Waals surface area (Å²) in [6.45, 7) is 6.10. The number of hydrogen-bond acceptors (Lipinski definition) is 4. The van der Waals surface area contributed by atoms with Gasteiger partial charge in [0, 0.05) is 37.9 Å². The van der Waals surface area contributed by atoms with Crippen LogP contribution in [0.2, 0.25) is 0 Å². The minimum atomic E-state index is 0.0432. The van der Waals surface area contributed by atoms with Crippen LogP contribution >= 0.6 is 0 Å². The zero-order chi connectivity index (χ0) is 19.5. The molecule has 0 bridgehead atoms. The number of hydrogen-bond donors (Lipinski definition) is 0. The molecule has 0 radical (unpaired) electrons. The van der Waals surface area contributed by atoms with Crippen molar-refractivity contribution in [1.82, 2.24) is 19.6 Å². The van der Waals surface area contributed by atoms with Crippen LogP contribution in [0.25, 0.3) is 0 Å². The molecule has 1 aliphatic rings. The van der Waals surface area contributed by atoms with Gasteiger partial charge in [-0.1, -0.05) is 42.4 Å². The molecule has 4 rings (SSSR count). The Bertz CT molecular complexity index is 937. The summed E-state index contributed by atoms with van der Waals surface area (Å²) in [6.07, 6.45) is 6.47. The van der Waals surface area contributed by atoms with Gasteiger partial charge in [0.2, 0.25) is 0 Å². The molecule has 2 aromatic heterocycles. The monoisotopic (exact) mass is 378 g/mol. The van der Waals surface area contributed by atoms with Crippen LogP contribution in [0.5, 0.6) is 0 Å². The van der Waals surface area contributed by atoms with Crippen LogP contribution in [-0.4, -0.2) is 38.6 Å².